The maximum atomic E-state index is 4.38. The second-order valence-electron chi connectivity index (χ2n) is 3.99. The first-order valence-electron chi connectivity index (χ1n) is 5.81. The van der Waals surface area contributed by atoms with Crippen molar-refractivity contribution in [2.75, 3.05) is 0 Å². The molecule has 0 aliphatic rings. The Balaban J connectivity index is 2.02. The lowest BCUT2D eigenvalue weighted by atomic mass is 10.2. The summed E-state index contributed by atoms with van der Waals surface area (Å²) in [7, 11) is 0. The second-order valence-corrected chi connectivity index (χ2v) is 3.99. The van der Waals surface area contributed by atoms with Crippen molar-refractivity contribution < 1.29 is 0 Å². The van der Waals surface area contributed by atoms with Crippen LogP contribution in [-0.2, 0) is 6.54 Å². The van der Waals surface area contributed by atoms with Gasteiger partial charge in [-0.25, -0.2) is 4.98 Å². The van der Waals surface area contributed by atoms with E-state index in [-0.39, 0.29) is 0 Å². The van der Waals surface area contributed by atoms with Crippen LogP contribution in [0.5, 0.6) is 0 Å². The van der Waals surface area contributed by atoms with E-state index in [2.05, 4.69) is 34.7 Å². The Labute approximate surface area is 90.9 Å². The first kappa shape index (κ1) is 10.2. The van der Waals surface area contributed by atoms with Crippen LogP contribution < -0.4 is 0 Å². The van der Waals surface area contributed by atoms with Gasteiger partial charge in [0.15, 0.2) is 0 Å². The van der Waals surface area contributed by atoms with E-state index in [4.69, 9.17) is 0 Å². The summed E-state index contributed by atoms with van der Waals surface area (Å²) in [6.07, 6.45) is 7.17. The third kappa shape index (κ3) is 2.38. The van der Waals surface area contributed by atoms with Gasteiger partial charge >= 0.3 is 0 Å². The van der Waals surface area contributed by atoms with E-state index in [0.29, 0.717) is 0 Å². The quantitative estimate of drug-likeness (QED) is 0.677. The third-order valence-corrected chi connectivity index (χ3v) is 2.78. The molecule has 0 saturated heterocycles. The van der Waals surface area contributed by atoms with Gasteiger partial charge in [-0.05, 0) is 18.6 Å². The standard InChI is InChI=1S/C13H18N2/c1-2-3-4-7-10-15-11-14-12-8-5-6-9-13(12)15/h5-6,8-9,11H,2-4,7,10H2,1H3. The van der Waals surface area contributed by atoms with Crippen LogP contribution in [-0.4, -0.2) is 9.55 Å². The monoisotopic (exact) mass is 202 g/mol. The number of fused-ring (bicyclic) bond motifs is 1. The van der Waals surface area contributed by atoms with Crippen LogP contribution in [0.3, 0.4) is 0 Å². The van der Waals surface area contributed by atoms with Gasteiger partial charge < -0.3 is 4.57 Å². The molecule has 0 aliphatic carbocycles. The van der Waals surface area contributed by atoms with E-state index in [1.165, 1.54) is 31.2 Å². The largest absolute Gasteiger partial charge is 0.331 e. The van der Waals surface area contributed by atoms with Crippen molar-refractivity contribution in [3.8, 4) is 0 Å². The molecule has 0 N–H and O–H groups in total. The molecular weight excluding hydrogens is 184 g/mol. The average Bonchev–Trinajstić information content (AvgIpc) is 2.68. The molecule has 0 atom stereocenters. The first-order chi connectivity index (χ1) is 7.42. The highest BCUT2D eigenvalue weighted by molar-refractivity contribution is 5.74. The SMILES string of the molecule is CCCCCCn1cnc2ccccc21. The average molecular weight is 202 g/mol. The Bertz CT molecular complexity index is 417. The molecule has 1 aromatic heterocycles. The molecule has 0 radical (unpaired) electrons. The van der Waals surface area contributed by atoms with Gasteiger partial charge in [-0.15, -0.1) is 0 Å². The molecule has 0 fully saturated rings. The molecule has 0 bridgehead atoms. The van der Waals surface area contributed by atoms with Gasteiger partial charge in [0.2, 0.25) is 0 Å². The number of nitrogens with zero attached hydrogens (tertiary/aromatic N) is 2. The van der Waals surface area contributed by atoms with Crippen molar-refractivity contribution in [2.24, 2.45) is 0 Å². The minimum Gasteiger partial charge on any atom is -0.331 e. The van der Waals surface area contributed by atoms with Crippen LogP contribution in [0, 0.1) is 0 Å². The normalized spacial score (nSPS) is 11.0. The summed E-state index contributed by atoms with van der Waals surface area (Å²) in [5.41, 5.74) is 2.36. The van der Waals surface area contributed by atoms with Gasteiger partial charge in [0.05, 0.1) is 17.4 Å². The lowest BCUT2D eigenvalue weighted by molar-refractivity contribution is 0.591. The maximum absolute atomic E-state index is 4.38. The number of unbranched alkanes of at least 4 members (excludes halogenated alkanes) is 3. The zero-order chi connectivity index (χ0) is 10.5. The van der Waals surface area contributed by atoms with Crippen molar-refractivity contribution in [2.45, 2.75) is 39.2 Å². The minimum absolute atomic E-state index is 1.10. The fraction of sp³-hybridized carbons (Fsp3) is 0.462. The van der Waals surface area contributed by atoms with E-state index in [9.17, 15) is 0 Å². The Morgan fingerprint density at radius 2 is 2.00 bits per heavy atom. The van der Waals surface area contributed by atoms with E-state index in [1.807, 2.05) is 12.4 Å². The minimum atomic E-state index is 1.10. The molecule has 0 spiro atoms. The lowest BCUT2D eigenvalue weighted by Crippen LogP contribution is -1.95. The second kappa shape index (κ2) is 4.96. The smallest absolute Gasteiger partial charge is 0.0958 e. The topological polar surface area (TPSA) is 17.8 Å². The number of benzene rings is 1. The Morgan fingerprint density at radius 1 is 1.13 bits per heavy atom. The van der Waals surface area contributed by atoms with E-state index >= 15 is 0 Å². The third-order valence-electron chi connectivity index (χ3n) is 2.78. The molecule has 0 saturated carbocycles. The van der Waals surface area contributed by atoms with Crippen molar-refractivity contribution in [3.63, 3.8) is 0 Å². The van der Waals surface area contributed by atoms with E-state index in [1.54, 1.807) is 0 Å². The van der Waals surface area contributed by atoms with Crippen molar-refractivity contribution in [1.82, 2.24) is 9.55 Å². The molecule has 2 aromatic rings. The number of hydrogen-bond donors (Lipinski definition) is 0. The summed E-state index contributed by atoms with van der Waals surface area (Å²) >= 11 is 0. The summed E-state index contributed by atoms with van der Waals surface area (Å²) < 4.78 is 2.25. The number of para-hydroxylation sites is 2. The van der Waals surface area contributed by atoms with Crippen LogP contribution in [0.1, 0.15) is 32.6 Å². The number of rotatable bonds is 5. The molecule has 1 heterocycles. The molecule has 0 unspecified atom stereocenters. The Hall–Kier alpha value is -1.31. The zero-order valence-electron chi connectivity index (χ0n) is 9.32. The summed E-state index contributed by atoms with van der Waals surface area (Å²) in [4.78, 5) is 4.38. The molecule has 0 amide bonds. The van der Waals surface area contributed by atoms with Crippen LogP contribution in [0.15, 0.2) is 30.6 Å². The molecular formula is C13H18N2. The highest BCUT2D eigenvalue weighted by Gasteiger charge is 1.99. The van der Waals surface area contributed by atoms with Crippen molar-refractivity contribution >= 4 is 11.0 Å². The number of aryl methyl sites for hydroxylation is 1. The van der Waals surface area contributed by atoms with E-state index in [0.717, 1.165) is 12.1 Å². The van der Waals surface area contributed by atoms with Gasteiger partial charge in [0.1, 0.15) is 0 Å². The van der Waals surface area contributed by atoms with Crippen molar-refractivity contribution in [3.05, 3.63) is 30.6 Å². The van der Waals surface area contributed by atoms with Gasteiger partial charge in [0.25, 0.3) is 0 Å². The van der Waals surface area contributed by atoms with Crippen molar-refractivity contribution in [1.29, 1.82) is 0 Å². The molecule has 15 heavy (non-hydrogen) atoms. The molecule has 0 aliphatic heterocycles. The van der Waals surface area contributed by atoms with Crippen LogP contribution >= 0.6 is 0 Å². The van der Waals surface area contributed by atoms with Crippen LogP contribution in [0.25, 0.3) is 11.0 Å². The van der Waals surface area contributed by atoms with Gasteiger partial charge in [-0.1, -0.05) is 38.3 Å². The summed E-state index contributed by atoms with van der Waals surface area (Å²) in [5.74, 6) is 0. The fourth-order valence-corrected chi connectivity index (χ4v) is 1.90. The Morgan fingerprint density at radius 3 is 2.87 bits per heavy atom. The van der Waals surface area contributed by atoms with Gasteiger partial charge in [-0.2, -0.15) is 0 Å². The number of hydrogen-bond acceptors (Lipinski definition) is 1. The van der Waals surface area contributed by atoms with Gasteiger partial charge in [-0.3, -0.25) is 0 Å². The first-order valence-corrected chi connectivity index (χ1v) is 5.81. The molecule has 80 valence electrons. The van der Waals surface area contributed by atoms with Crippen LogP contribution in [0.4, 0.5) is 0 Å². The maximum Gasteiger partial charge on any atom is 0.0958 e. The molecule has 1 aromatic carbocycles. The predicted octanol–water partition coefficient (Wildman–Crippen LogP) is 3.62. The summed E-state index contributed by atoms with van der Waals surface area (Å²) in [6, 6.07) is 8.32. The highest BCUT2D eigenvalue weighted by Crippen LogP contribution is 2.13. The van der Waals surface area contributed by atoms with Gasteiger partial charge in [0, 0.05) is 6.54 Å². The Kier molecular flexibility index (Phi) is 3.38. The van der Waals surface area contributed by atoms with Crippen LogP contribution in [0.2, 0.25) is 0 Å². The summed E-state index contributed by atoms with van der Waals surface area (Å²) in [5, 5.41) is 0. The zero-order valence-corrected chi connectivity index (χ0v) is 9.32. The molecule has 2 rings (SSSR count). The summed E-state index contributed by atoms with van der Waals surface area (Å²) in [6.45, 7) is 3.34. The molecule has 2 nitrogen and oxygen atoms in total. The number of aromatic nitrogens is 2. The molecule has 2 heteroatoms. The lowest BCUT2D eigenvalue weighted by Gasteiger charge is -2.03. The predicted molar refractivity (Wildman–Crippen MR) is 63.9 cm³/mol. The fourth-order valence-electron chi connectivity index (χ4n) is 1.90. The van der Waals surface area contributed by atoms with E-state index < -0.39 is 0 Å². The number of imidazole rings is 1. The highest BCUT2D eigenvalue weighted by atomic mass is 15.0.